The summed E-state index contributed by atoms with van der Waals surface area (Å²) in [6, 6.07) is 20.5. The minimum absolute atomic E-state index is 0.00159. The Morgan fingerprint density at radius 2 is 1.87 bits per heavy atom. The maximum Gasteiger partial charge on any atom is 0.296 e. The first-order chi connectivity index (χ1) is 22.4. The second-order valence-electron chi connectivity index (χ2n) is 10.5. The lowest BCUT2D eigenvalue weighted by Crippen LogP contribution is -2.31. The average Bonchev–Trinajstić information content (AvgIpc) is 3.79. The number of aromatic nitrogens is 2. The number of methoxy groups -OCH3 is 1. The molecule has 2 aromatic heterocycles. The first-order valence-electron chi connectivity index (χ1n) is 14.7. The van der Waals surface area contributed by atoms with Crippen LogP contribution in [-0.4, -0.2) is 40.7 Å². The molecule has 1 N–H and O–H groups in total. The highest BCUT2D eigenvalue weighted by molar-refractivity contribution is 8.00. The van der Waals surface area contributed by atoms with Gasteiger partial charge in [-0.25, -0.2) is 0 Å². The minimum Gasteiger partial charge on any atom is -0.503 e. The van der Waals surface area contributed by atoms with Crippen molar-refractivity contribution in [1.82, 2.24) is 10.2 Å². The van der Waals surface area contributed by atoms with Gasteiger partial charge in [0, 0.05) is 16.2 Å². The van der Waals surface area contributed by atoms with Crippen molar-refractivity contribution in [2.45, 2.75) is 42.3 Å². The van der Waals surface area contributed by atoms with E-state index in [2.05, 4.69) is 17.1 Å². The van der Waals surface area contributed by atoms with Gasteiger partial charge < -0.3 is 19.0 Å². The number of furan rings is 1. The maximum atomic E-state index is 14.1. The Bertz CT molecular complexity index is 1890. The van der Waals surface area contributed by atoms with E-state index in [9.17, 15) is 14.7 Å². The van der Waals surface area contributed by atoms with Crippen molar-refractivity contribution in [1.29, 1.82) is 0 Å². The van der Waals surface area contributed by atoms with Crippen LogP contribution in [0.3, 0.4) is 0 Å². The molecule has 0 radical (unpaired) electrons. The predicted octanol–water partition coefficient (Wildman–Crippen LogP) is 8.59. The molecule has 0 unspecified atom stereocenters. The number of Topliss-reactive ketones (excluding diaryl/α,β-unsaturated/α-hetero) is 1. The molecule has 0 saturated carbocycles. The zero-order chi connectivity index (χ0) is 32.2. The number of ketones is 1. The summed E-state index contributed by atoms with van der Waals surface area (Å²) >= 11 is 8.66. The van der Waals surface area contributed by atoms with Crippen LogP contribution in [0.5, 0.6) is 11.5 Å². The number of halogens is 1. The Morgan fingerprint density at radius 1 is 1.07 bits per heavy atom. The molecule has 5 aromatic rings. The highest BCUT2D eigenvalue weighted by atomic mass is 35.5. The zero-order valence-corrected chi connectivity index (χ0v) is 27.5. The normalized spacial score (nSPS) is 14.8. The van der Waals surface area contributed by atoms with Gasteiger partial charge in [0.15, 0.2) is 27.4 Å². The molecule has 46 heavy (non-hydrogen) atoms. The number of carbonyl (C=O) groups is 2. The van der Waals surface area contributed by atoms with Crippen LogP contribution in [0, 0.1) is 0 Å². The summed E-state index contributed by atoms with van der Waals surface area (Å²) in [5.74, 6) is -0.488. The molecule has 1 amide bonds. The molecular formula is C34H30ClN3O6S2. The number of nitrogens with zero attached hydrogens (tertiary/aromatic N) is 3. The molecule has 1 aliphatic rings. The fraction of sp³-hybridized carbons (Fsp3) is 0.235. The van der Waals surface area contributed by atoms with E-state index in [4.69, 9.17) is 25.5 Å². The molecule has 1 aliphatic heterocycles. The summed E-state index contributed by atoms with van der Waals surface area (Å²) in [5, 5.41) is 21.5. The number of unbranched alkanes of at least 4 members (excludes halogenated alkanes) is 2. The second kappa shape index (κ2) is 14.0. The van der Waals surface area contributed by atoms with Crippen LogP contribution in [0.1, 0.15) is 53.9 Å². The second-order valence-corrected chi connectivity index (χ2v) is 13.2. The van der Waals surface area contributed by atoms with Gasteiger partial charge >= 0.3 is 0 Å². The van der Waals surface area contributed by atoms with Crippen molar-refractivity contribution in [2.24, 2.45) is 0 Å². The number of para-hydroxylation sites is 1. The van der Waals surface area contributed by atoms with E-state index < -0.39 is 23.5 Å². The molecule has 0 bridgehead atoms. The highest BCUT2D eigenvalue weighted by Gasteiger charge is 2.47. The first kappa shape index (κ1) is 31.7. The molecule has 1 atom stereocenters. The van der Waals surface area contributed by atoms with Gasteiger partial charge in [-0.05, 0) is 53.9 Å². The number of amides is 1. The van der Waals surface area contributed by atoms with Gasteiger partial charge in [0.25, 0.3) is 5.91 Å². The minimum atomic E-state index is -1.04. The van der Waals surface area contributed by atoms with Gasteiger partial charge in [-0.2, -0.15) is 0 Å². The molecule has 9 nitrogen and oxygen atoms in total. The van der Waals surface area contributed by atoms with Crippen molar-refractivity contribution in [3.05, 3.63) is 106 Å². The number of hydrogen-bond donors (Lipinski definition) is 1. The molecule has 0 spiro atoms. The van der Waals surface area contributed by atoms with E-state index in [0.717, 1.165) is 30.2 Å². The van der Waals surface area contributed by atoms with Crippen LogP contribution >= 0.6 is 34.7 Å². The lowest BCUT2D eigenvalue weighted by molar-refractivity contribution is -0.117. The molecular weight excluding hydrogens is 646 g/mol. The number of aliphatic hydroxyl groups excluding tert-OH is 1. The van der Waals surface area contributed by atoms with Gasteiger partial charge in [0.2, 0.25) is 10.9 Å². The topological polar surface area (TPSA) is 115 Å². The van der Waals surface area contributed by atoms with Crippen molar-refractivity contribution in [3.8, 4) is 11.5 Å². The first-order valence-corrected chi connectivity index (χ1v) is 16.9. The quantitative estimate of drug-likeness (QED) is 0.0567. The van der Waals surface area contributed by atoms with E-state index in [1.54, 1.807) is 36.4 Å². The molecule has 3 aromatic carbocycles. The van der Waals surface area contributed by atoms with Crippen molar-refractivity contribution >= 4 is 62.5 Å². The lowest BCUT2D eigenvalue weighted by Gasteiger charge is -2.24. The smallest absolute Gasteiger partial charge is 0.296 e. The van der Waals surface area contributed by atoms with Gasteiger partial charge in [-0.1, -0.05) is 90.9 Å². The zero-order valence-electron chi connectivity index (χ0n) is 25.1. The van der Waals surface area contributed by atoms with E-state index >= 15 is 0 Å². The number of aliphatic hydroxyl groups is 1. The van der Waals surface area contributed by atoms with Crippen LogP contribution in [0.4, 0.5) is 5.13 Å². The molecule has 0 saturated heterocycles. The Morgan fingerprint density at radius 3 is 2.63 bits per heavy atom. The van der Waals surface area contributed by atoms with Gasteiger partial charge in [0.1, 0.15) is 5.58 Å². The summed E-state index contributed by atoms with van der Waals surface area (Å²) in [6.07, 6.45) is 3.00. The van der Waals surface area contributed by atoms with Gasteiger partial charge in [-0.3, -0.25) is 14.5 Å². The summed E-state index contributed by atoms with van der Waals surface area (Å²) in [4.78, 5) is 29.1. The summed E-state index contributed by atoms with van der Waals surface area (Å²) < 4.78 is 18.1. The number of carbonyl (C=O) groups excluding carboxylic acids is 2. The fourth-order valence-electron chi connectivity index (χ4n) is 5.17. The van der Waals surface area contributed by atoms with Crippen LogP contribution in [0.15, 0.2) is 92.9 Å². The van der Waals surface area contributed by atoms with E-state index in [0.29, 0.717) is 44.4 Å². The van der Waals surface area contributed by atoms with Crippen LogP contribution in [0.25, 0.3) is 11.0 Å². The van der Waals surface area contributed by atoms with Crippen molar-refractivity contribution < 1.29 is 28.6 Å². The molecule has 6 rings (SSSR count). The van der Waals surface area contributed by atoms with E-state index in [1.165, 1.54) is 35.1 Å². The molecule has 0 fully saturated rings. The Kier molecular flexibility index (Phi) is 9.62. The third-order valence-corrected chi connectivity index (χ3v) is 9.87. The number of benzene rings is 3. The third-order valence-electron chi connectivity index (χ3n) is 7.49. The highest BCUT2D eigenvalue weighted by Crippen LogP contribution is 2.46. The molecule has 0 aliphatic carbocycles. The maximum absolute atomic E-state index is 14.1. The largest absolute Gasteiger partial charge is 0.503 e. The third kappa shape index (κ3) is 6.48. The van der Waals surface area contributed by atoms with Crippen molar-refractivity contribution in [2.75, 3.05) is 18.6 Å². The van der Waals surface area contributed by atoms with Gasteiger partial charge in [-0.15, -0.1) is 10.2 Å². The van der Waals surface area contributed by atoms with E-state index in [1.807, 2.05) is 36.4 Å². The number of anilines is 1. The molecule has 3 heterocycles. The Labute approximate surface area is 278 Å². The number of ether oxygens (including phenoxy) is 2. The predicted molar refractivity (Wildman–Crippen MR) is 179 cm³/mol. The Balaban J connectivity index is 1.36. The lowest BCUT2D eigenvalue weighted by atomic mass is 9.95. The summed E-state index contributed by atoms with van der Waals surface area (Å²) in [7, 11) is 1.53. The van der Waals surface area contributed by atoms with E-state index in [-0.39, 0.29) is 16.5 Å². The van der Waals surface area contributed by atoms with Crippen LogP contribution in [-0.2, 0) is 10.5 Å². The van der Waals surface area contributed by atoms with Crippen LogP contribution < -0.4 is 14.4 Å². The number of fused-ring (bicyclic) bond motifs is 1. The molecule has 236 valence electrons. The number of rotatable bonds is 13. The summed E-state index contributed by atoms with van der Waals surface area (Å²) in [6.45, 7) is 2.64. The number of thioether (sulfide) groups is 1. The van der Waals surface area contributed by atoms with Gasteiger partial charge in [0.05, 0.1) is 25.3 Å². The number of hydrogen-bond acceptors (Lipinski definition) is 10. The molecule has 12 heteroatoms. The standard InChI is InChI=1S/C34H30ClN3O6S2/c1-3-4-7-16-43-25-15-12-22(18-26(25)42-2)29-28(30(39)27-17-21-8-5-6-9-24(21)44-27)31(40)32(41)38(29)33-36-37-34(46-33)45-19-20-10-13-23(35)14-11-20/h5-6,8-15,17-18,29,40H,3-4,7,16,19H2,1-2H3/t29-/m1/s1. The summed E-state index contributed by atoms with van der Waals surface area (Å²) in [5.41, 5.74) is 1.94. The SMILES string of the molecule is CCCCCOc1ccc([C@@H]2C(C(=O)c3cc4ccccc4o3)=C(O)C(=O)N2c2nnc(SCc3ccc(Cl)cc3)s2)cc1OC. The Hall–Kier alpha value is -4.32. The van der Waals surface area contributed by atoms with Crippen LogP contribution in [0.2, 0.25) is 5.02 Å². The average molecular weight is 676 g/mol. The monoisotopic (exact) mass is 675 g/mol. The fourth-order valence-corrected chi connectivity index (χ4v) is 7.12. The van der Waals surface area contributed by atoms with Crippen molar-refractivity contribution in [3.63, 3.8) is 0 Å².